The maximum Gasteiger partial charge on any atom is 0.325 e. The fourth-order valence-electron chi connectivity index (χ4n) is 4.09. The molecular formula is C24H24N4O5S. The average molecular weight is 481 g/mol. The van der Waals surface area contributed by atoms with Gasteiger partial charge in [0, 0.05) is 7.05 Å². The van der Waals surface area contributed by atoms with Crippen molar-refractivity contribution >= 4 is 39.4 Å². The molecule has 1 fully saturated rings. The van der Waals surface area contributed by atoms with Crippen LogP contribution in [0.5, 0.6) is 11.5 Å². The lowest BCUT2D eigenvalue weighted by molar-refractivity contribution is -0.139. The zero-order valence-electron chi connectivity index (χ0n) is 19.0. The van der Waals surface area contributed by atoms with E-state index in [0.717, 1.165) is 20.1 Å². The van der Waals surface area contributed by atoms with Crippen LogP contribution >= 0.6 is 11.3 Å². The van der Waals surface area contributed by atoms with Gasteiger partial charge in [0.2, 0.25) is 5.91 Å². The second-order valence-electron chi connectivity index (χ2n) is 8.51. The first-order valence-corrected chi connectivity index (χ1v) is 11.7. The first-order chi connectivity index (χ1) is 16.3. The lowest BCUT2D eigenvalue weighted by atomic mass is 9.91. The Hall–Kier alpha value is -3.66. The standard InChI is InChI=1S/C24H24N4O5S/c1-14(21-25-16-6-4-5-7-19(16)34-21)27(3)20(29)13-28-22(30)24(2,26-23(28)31)15-8-9-17-18(12-15)33-11-10-32-17/h4-9,12,14H,10-11,13H2,1-3H3,(H,26,31)/t14-,24-/m1/s1. The van der Waals surface area contributed by atoms with Gasteiger partial charge in [0.25, 0.3) is 5.91 Å². The van der Waals surface area contributed by atoms with Crippen LogP contribution in [0.25, 0.3) is 10.2 Å². The Balaban J connectivity index is 1.32. The quantitative estimate of drug-likeness (QED) is 0.564. The van der Waals surface area contributed by atoms with Crippen LogP contribution in [0.1, 0.15) is 30.5 Å². The van der Waals surface area contributed by atoms with Crippen LogP contribution in [0.3, 0.4) is 0 Å². The Kier molecular flexibility index (Phi) is 5.40. The number of ether oxygens (including phenoxy) is 2. The van der Waals surface area contributed by atoms with Gasteiger partial charge in [0.15, 0.2) is 11.5 Å². The molecule has 0 unspecified atom stereocenters. The van der Waals surface area contributed by atoms with E-state index < -0.39 is 17.5 Å². The third-order valence-electron chi connectivity index (χ3n) is 6.33. The second kappa shape index (κ2) is 8.28. The largest absolute Gasteiger partial charge is 0.486 e. The molecule has 0 radical (unpaired) electrons. The number of benzene rings is 2. The van der Waals surface area contributed by atoms with Gasteiger partial charge in [-0.2, -0.15) is 0 Å². The van der Waals surface area contributed by atoms with E-state index in [0.29, 0.717) is 30.3 Å². The van der Waals surface area contributed by atoms with Gasteiger partial charge < -0.3 is 19.7 Å². The smallest absolute Gasteiger partial charge is 0.325 e. The fourth-order valence-corrected chi connectivity index (χ4v) is 5.15. The molecule has 34 heavy (non-hydrogen) atoms. The molecule has 0 bridgehead atoms. The lowest BCUT2D eigenvalue weighted by Gasteiger charge is -2.26. The number of thiazole rings is 1. The van der Waals surface area contributed by atoms with Gasteiger partial charge in [-0.05, 0) is 43.7 Å². The Bertz CT molecular complexity index is 1270. The summed E-state index contributed by atoms with van der Waals surface area (Å²) in [7, 11) is 1.65. The fraction of sp³-hybridized carbons (Fsp3) is 0.333. The summed E-state index contributed by atoms with van der Waals surface area (Å²) in [4.78, 5) is 46.2. The van der Waals surface area contributed by atoms with Crippen LogP contribution in [0.15, 0.2) is 42.5 Å². The number of amides is 4. The first-order valence-electron chi connectivity index (χ1n) is 10.9. The molecule has 1 N–H and O–H groups in total. The number of imide groups is 1. The number of aromatic nitrogens is 1. The zero-order valence-corrected chi connectivity index (χ0v) is 19.8. The lowest BCUT2D eigenvalue weighted by Crippen LogP contribution is -2.44. The summed E-state index contributed by atoms with van der Waals surface area (Å²) in [5, 5.41) is 3.52. The first kappa shape index (κ1) is 22.1. The molecule has 5 rings (SSSR count). The molecule has 1 saturated heterocycles. The summed E-state index contributed by atoms with van der Waals surface area (Å²) in [5.41, 5.74) is 0.116. The number of likely N-dealkylation sites (N-methyl/N-ethyl adjacent to an activating group) is 1. The number of fused-ring (bicyclic) bond motifs is 2. The predicted molar refractivity (Wildman–Crippen MR) is 126 cm³/mol. The van der Waals surface area contributed by atoms with Crippen molar-refractivity contribution in [3.8, 4) is 11.5 Å². The van der Waals surface area contributed by atoms with E-state index in [-0.39, 0.29) is 18.5 Å². The van der Waals surface area contributed by atoms with E-state index in [2.05, 4.69) is 10.3 Å². The highest BCUT2D eigenvalue weighted by Gasteiger charge is 2.50. The predicted octanol–water partition coefficient (Wildman–Crippen LogP) is 3.05. The molecular weight excluding hydrogens is 456 g/mol. The molecule has 3 aromatic rings. The molecule has 2 atom stereocenters. The van der Waals surface area contributed by atoms with Gasteiger partial charge in [0.05, 0.1) is 16.3 Å². The zero-order chi connectivity index (χ0) is 24.0. The van der Waals surface area contributed by atoms with Crippen LogP contribution < -0.4 is 14.8 Å². The third kappa shape index (κ3) is 3.63. The summed E-state index contributed by atoms with van der Waals surface area (Å²) < 4.78 is 12.2. The van der Waals surface area contributed by atoms with Crippen molar-refractivity contribution in [2.75, 3.05) is 26.8 Å². The van der Waals surface area contributed by atoms with E-state index >= 15 is 0 Å². The number of carbonyl (C=O) groups is 3. The van der Waals surface area contributed by atoms with Crippen LogP contribution in [-0.2, 0) is 15.1 Å². The number of hydrogen-bond donors (Lipinski definition) is 1. The Morgan fingerprint density at radius 1 is 1.21 bits per heavy atom. The minimum atomic E-state index is -1.32. The molecule has 2 aliphatic heterocycles. The van der Waals surface area contributed by atoms with E-state index in [4.69, 9.17) is 9.47 Å². The van der Waals surface area contributed by atoms with Crippen LogP contribution in [-0.4, -0.2) is 59.4 Å². The molecule has 10 heteroatoms. The van der Waals surface area contributed by atoms with Gasteiger partial charge in [-0.3, -0.25) is 14.5 Å². The number of hydrogen-bond acceptors (Lipinski definition) is 7. The maximum absolute atomic E-state index is 13.3. The minimum Gasteiger partial charge on any atom is -0.486 e. The molecule has 2 aliphatic rings. The molecule has 0 aliphatic carbocycles. The summed E-state index contributed by atoms with van der Waals surface area (Å²) in [5.74, 6) is 0.254. The van der Waals surface area contributed by atoms with Crippen molar-refractivity contribution in [1.82, 2.24) is 20.1 Å². The molecule has 4 amide bonds. The van der Waals surface area contributed by atoms with Crippen molar-refractivity contribution in [1.29, 1.82) is 0 Å². The molecule has 3 heterocycles. The van der Waals surface area contributed by atoms with Gasteiger partial charge in [-0.15, -0.1) is 11.3 Å². The summed E-state index contributed by atoms with van der Waals surface area (Å²) in [6, 6.07) is 12.0. The summed E-state index contributed by atoms with van der Waals surface area (Å²) >= 11 is 1.52. The molecule has 9 nitrogen and oxygen atoms in total. The topological polar surface area (TPSA) is 101 Å². The van der Waals surface area contributed by atoms with Gasteiger partial charge in [0.1, 0.15) is 30.3 Å². The van der Waals surface area contributed by atoms with E-state index in [1.54, 1.807) is 32.2 Å². The number of carbonyl (C=O) groups excluding carboxylic acids is 3. The number of urea groups is 1. The van der Waals surface area contributed by atoms with Gasteiger partial charge in [-0.25, -0.2) is 9.78 Å². The second-order valence-corrected chi connectivity index (χ2v) is 9.57. The highest BCUT2D eigenvalue weighted by Crippen LogP contribution is 2.37. The molecule has 2 aromatic carbocycles. The van der Waals surface area contributed by atoms with Crippen LogP contribution in [0.4, 0.5) is 4.79 Å². The Labute approximate surface area is 200 Å². The number of rotatable bonds is 5. The van der Waals surface area contributed by atoms with Crippen molar-refractivity contribution in [2.45, 2.75) is 25.4 Å². The highest BCUT2D eigenvalue weighted by atomic mass is 32.1. The SMILES string of the molecule is C[C@H](c1nc2ccccc2s1)N(C)C(=O)CN1C(=O)N[C@](C)(c2ccc3c(c2)OCCO3)C1=O. The van der Waals surface area contributed by atoms with Gasteiger partial charge in [-0.1, -0.05) is 18.2 Å². The van der Waals surface area contributed by atoms with Crippen molar-refractivity contribution in [3.05, 3.63) is 53.0 Å². The van der Waals surface area contributed by atoms with E-state index in [1.807, 2.05) is 31.2 Å². The maximum atomic E-state index is 13.3. The minimum absolute atomic E-state index is 0.310. The number of para-hydroxylation sites is 1. The molecule has 0 spiro atoms. The Morgan fingerprint density at radius 3 is 2.71 bits per heavy atom. The highest BCUT2D eigenvalue weighted by molar-refractivity contribution is 7.18. The molecule has 1 aromatic heterocycles. The van der Waals surface area contributed by atoms with Gasteiger partial charge >= 0.3 is 6.03 Å². The average Bonchev–Trinajstić information content (AvgIpc) is 3.38. The normalized spacial score (nSPS) is 20.4. The van der Waals surface area contributed by atoms with Crippen molar-refractivity contribution in [2.24, 2.45) is 0 Å². The Morgan fingerprint density at radius 2 is 1.94 bits per heavy atom. The van der Waals surface area contributed by atoms with Crippen molar-refractivity contribution in [3.63, 3.8) is 0 Å². The number of nitrogens with one attached hydrogen (secondary N) is 1. The van der Waals surface area contributed by atoms with Crippen LogP contribution in [0.2, 0.25) is 0 Å². The third-order valence-corrected chi connectivity index (χ3v) is 7.54. The summed E-state index contributed by atoms with van der Waals surface area (Å²) in [6.45, 7) is 4.00. The van der Waals surface area contributed by atoms with E-state index in [1.165, 1.54) is 16.2 Å². The number of nitrogens with zero attached hydrogens (tertiary/aromatic N) is 3. The monoisotopic (exact) mass is 480 g/mol. The molecule has 176 valence electrons. The van der Waals surface area contributed by atoms with Crippen molar-refractivity contribution < 1.29 is 23.9 Å². The molecule has 0 saturated carbocycles. The van der Waals surface area contributed by atoms with E-state index in [9.17, 15) is 14.4 Å². The van der Waals surface area contributed by atoms with Crippen LogP contribution in [0, 0.1) is 0 Å². The summed E-state index contributed by atoms with van der Waals surface area (Å²) in [6.07, 6.45) is 0.